The van der Waals surface area contributed by atoms with E-state index in [9.17, 15) is 9.59 Å². The minimum Gasteiger partial charge on any atom is -0.493 e. The van der Waals surface area contributed by atoms with E-state index >= 15 is 0 Å². The van der Waals surface area contributed by atoms with E-state index in [2.05, 4.69) is 11.8 Å². The van der Waals surface area contributed by atoms with Crippen LogP contribution in [0.1, 0.15) is 39.5 Å². The lowest BCUT2D eigenvalue weighted by Gasteiger charge is -2.10. The number of ether oxygens (including phenoxy) is 3. The van der Waals surface area contributed by atoms with E-state index in [1.165, 1.54) is 7.11 Å². The summed E-state index contributed by atoms with van der Waals surface area (Å²) in [5.41, 5.74) is 0. The SMILES string of the molecule is CC#CC(CC)OC(=O)CCCC(=O)Oc1ccccc1OC. The summed E-state index contributed by atoms with van der Waals surface area (Å²) in [6.07, 6.45) is 0.908. The van der Waals surface area contributed by atoms with E-state index in [0.29, 0.717) is 24.3 Å². The van der Waals surface area contributed by atoms with Crippen LogP contribution < -0.4 is 9.47 Å². The quantitative estimate of drug-likeness (QED) is 0.419. The van der Waals surface area contributed by atoms with Crippen molar-refractivity contribution in [3.05, 3.63) is 24.3 Å². The average molecular weight is 318 g/mol. The van der Waals surface area contributed by atoms with Crippen molar-refractivity contribution in [2.75, 3.05) is 7.11 Å². The fourth-order valence-corrected chi connectivity index (χ4v) is 1.85. The Labute approximate surface area is 136 Å². The fraction of sp³-hybridized carbons (Fsp3) is 0.444. The molecule has 0 N–H and O–H groups in total. The van der Waals surface area contributed by atoms with Gasteiger partial charge >= 0.3 is 11.9 Å². The maximum atomic E-state index is 11.8. The molecular formula is C18H22O5. The Kier molecular flexibility index (Phi) is 8.30. The zero-order chi connectivity index (χ0) is 17.1. The highest BCUT2D eigenvalue weighted by atomic mass is 16.6. The van der Waals surface area contributed by atoms with E-state index in [-0.39, 0.29) is 24.9 Å². The van der Waals surface area contributed by atoms with Gasteiger partial charge in [0, 0.05) is 12.8 Å². The Morgan fingerprint density at radius 1 is 1.13 bits per heavy atom. The van der Waals surface area contributed by atoms with E-state index < -0.39 is 5.97 Å². The van der Waals surface area contributed by atoms with Gasteiger partial charge < -0.3 is 14.2 Å². The molecule has 1 aromatic rings. The van der Waals surface area contributed by atoms with Gasteiger partial charge in [-0.15, -0.1) is 5.92 Å². The van der Waals surface area contributed by atoms with Crippen molar-refractivity contribution in [1.82, 2.24) is 0 Å². The van der Waals surface area contributed by atoms with Crippen LogP contribution in [0.3, 0.4) is 0 Å². The molecule has 5 nitrogen and oxygen atoms in total. The first-order valence-electron chi connectivity index (χ1n) is 7.56. The Morgan fingerprint density at radius 2 is 1.78 bits per heavy atom. The summed E-state index contributed by atoms with van der Waals surface area (Å²) >= 11 is 0. The molecule has 23 heavy (non-hydrogen) atoms. The fourth-order valence-electron chi connectivity index (χ4n) is 1.85. The zero-order valence-corrected chi connectivity index (χ0v) is 13.8. The van der Waals surface area contributed by atoms with Gasteiger partial charge in [-0.25, -0.2) is 0 Å². The number of methoxy groups -OCH3 is 1. The van der Waals surface area contributed by atoms with Gasteiger partial charge in [0.1, 0.15) is 0 Å². The smallest absolute Gasteiger partial charge is 0.311 e. The van der Waals surface area contributed by atoms with E-state index in [1.54, 1.807) is 31.2 Å². The standard InChI is InChI=1S/C18H22O5/c1-4-9-14(5-2)22-17(19)12-8-13-18(20)23-16-11-7-6-10-15(16)21-3/h6-7,10-11,14H,5,8,12-13H2,1-3H3. The lowest BCUT2D eigenvalue weighted by atomic mass is 10.2. The summed E-state index contributed by atoms with van der Waals surface area (Å²) in [6.45, 7) is 3.59. The molecule has 0 fully saturated rings. The Morgan fingerprint density at radius 3 is 2.39 bits per heavy atom. The predicted octanol–water partition coefficient (Wildman–Crippen LogP) is 3.12. The van der Waals surface area contributed by atoms with Crippen LogP contribution in [0, 0.1) is 11.8 Å². The maximum Gasteiger partial charge on any atom is 0.311 e. The molecule has 1 aromatic carbocycles. The Balaban J connectivity index is 2.36. The van der Waals surface area contributed by atoms with Crippen LogP contribution in [0.15, 0.2) is 24.3 Å². The lowest BCUT2D eigenvalue weighted by Crippen LogP contribution is -2.16. The number of hydrogen-bond acceptors (Lipinski definition) is 5. The zero-order valence-electron chi connectivity index (χ0n) is 13.8. The molecule has 124 valence electrons. The van der Waals surface area contributed by atoms with Crippen molar-refractivity contribution in [2.45, 2.75) is 45.6 Å². The van der Waals surface area contributed by atoms with Gasteiger partial charge in [0.2, 0.25) is 0 Å². The van der Waals surface area contributed by atoms with Gasteiger partial charge in [0.05, 0.1) is 7.11 Å². The molecule has 0 amide bonds. The second-order valence-electron chi connectivity index (χ2n) is 4.76. The Bertz CT molecular complexity index is 583. The van der Waals surface area contributed by atoms with Crippen LogP contribution in [0.25, 0.3) is 0 Å². The molecule has 0 saturated carbocycles. The molecule has 0 bridgehead atoms. The summed E-state index contributed by atoms with van der Waals surface area (Å²) in [5.74, 6) is 5.62. The summed E-state index contributed by atoms with van der Waals surface area (Å²) in [5, 5.41) is 0. The lowest BCUT2D eigenvalue weighted by molar-refractivity contribution is -0.146. The molecular weight excluding hydrogens is 296 g/mol. The number of carbonyl (C=O) groups excluding carboxylic acids is 2. The third-order valence-corrected chi connectivity index (χ3v) is 3.00. The first-order chi connectivity index (χ1) is 11.1. The van der Waals surface area contributed by atoms with Crippen molar-refractivity contribution in [1.29, 1.82) is 0 Å². The summed E-state index contributed by atoms with van der Waals surface area (Å²) in [6, 6.07) is 6.90. The highest BCUT2D eigenvalue weighted by Crippen LogP contribution is 2.26. The third kappa shape index (κ3) is 6.88. The third-order valence-electron chi connectivity index (χ3n) is 3.00. The molecule has 1 atom stereocenters. The van der Waals surface area contributed by atoms with Crippen molar-refractivity contribution >= 4 is 11.9 Å². The molecule has 5 heteroatoms. The Hall–Kier alpha value is -2.48. The molecule has 0 saturated heterocycles. The summed E-state index contributed by atoms with van der Waals surface area (Å²) < 4.78 is 15.5. The molecule has 0 heterocycles. The highest BCUT2D eigenvalue weighted by Gasteiger charge is 2.13. The molecule has 0 aromatic heterocycles. The van der Waals surface area contributed by atoms with Crippen molar-refractivity contribution in [2.24, 2.45) is 0 Å². The van der Waals surface area contributed by atoms with Gasteiger partial charge in [0.25, 0.3) is 0 Å². The van der Waals surface area contributed by atoms with Crippen LogP contribution in [-0.2, 0) is 14.3 Å². The largest absolute Gasteiger partial charge is 0.493 e. The molecule has 0 radical (unpaired) electrons. The second-order valence-corrected chi connectivity index (χ2v) is 4.76. The van der Waals surface area contributed by atoms with Gasteiger partial charge in [-0.3, -0.25) is 9.59 Å². The summed E-state index contributed by atoms with van der Waals surface area (Å²) in [7, 11) is 1.51. The minimum absolute atomic E-state index is 0.128. The van der Waals surface area contributed by atoms with Crippen LogP contribution >= 0.6 is 0 Å². The molecule has 1 unspecified atom stereocenters. The van der Waals surface area contributed by atoms with Crippen LogP contribution in [-0.4, -0.2) is 25.2 Å². The van der Waals surface area contributed by atoms with E-state index in [0.717, 1.165) is 0 Å². The monoisotopic (exact) mass is 318 g/mol. The average Bonchev–Trinajstić information content (AvgIpc) is 2.54. The minimum atomic E-state index is -0.414. The number of rotatable bonds is 8. The first kappa shape index (κ1) is 18.6. The number of para-hydroxylation sites is 2. The normalized spacial score (nSPS) is 10.9. The van der Waals surface area contributed by atoms with Crippen LogP contribution in [0.5, 0.6) is 11.5 Å². The molecule has 0 aliphatic heterocycles. The molecule has 0 aliphatic rings. The number of esters is 2. The van der Waals surface area contributed by atoms with Crippen molar-refractivity contribution in [3.63, 3.8) is 0 Å². The number of benzene rings is 1. The van der Waals surface area contributed by atoms with Crippen LogP contribution in [0.2, 0.25) is 0 Å². The second kappa shape index (κ2) is 10.3. The molecule has 0 spiro atoms. The van der Waals surface area contributed by atoms with E-state index in [1.807, 2.05) is 6.92 Å². The molecule has 1 rings (SSSR count). The number of hydrogen-bond donors (Lipinski definition) is 0. The van der Waals surface area contributed by atoms with Gasteiger partial charge in [0.15, 0.2) is 17.6 Å². The van der Waals surface area contributed by atoms with E-state index in [4.69, 9.17) is 14.2 Å². The van der Waals surface area contributed by atoms with Gasteiger partial charge in [-0.2, -0.15) is 0 Å². The van der Waals surface area contributed by atoms with Gasteiger partial charge in [-0.1, -0.05) is 25.0 Å². The molecule has 0 aliphatic carbocycles. The predicted molar refractivity (Wildman–Crippen MR) is 86.1 cm³/mol. The number of carbonyl (C=O) groups is 2. The topological polar surface area (TPSA) is 61.8 Å². The summed E-state index contributed by atoms with van der Waals surface area (Å²) in [4.78, 5) is 23.5. The maximum absolute atomic E-state index is 11.8. The van der Waals surface area contributed by atoms with Crippen LogP contribution in [0.4, 0.5) is 0 Å². The van der Waals surface area contributed by atoms with Gasteiger partial charge in [-0.05, 0) is 31.9 Å². The van der Waals surface area contributed by atoms with Crippen molar-refractivity contribution in [3.8, 4) is 23.3 Å². The highest BCUT2D eigenvalue weighted by molar-refractivity contribution is 5.75. The van der Waals surface area contributed by atoms with Crippen molar-refractivity contribution < 1.29 is 23.8 Å². The first-order valence-corrected chi connectivity index (χ1v) is 7.56.